The first-order valence-electron chi connectivity index (χ1n) is 8.64. The lowest BCUT2D eigenvalue weighted by Crippen LogP contribution is -2.37. The molecule has 23 heavy (non-hydrogen) atoms. The molecule has 4 nitrogen and oxygen atoms in total. The van der Waals surface area contributed by atoms with E-state index < -0.39 is 0 Å². The maximum absolute atomic E-state index is 12.0. The van der Waals surface area contributed by atoms with E-state index in [4.69, 9.17) is 0 Å². The fraction of sp³-hybridized carbons (Fsp3) is 0.667. The molecule has 3 rings (SSSR count). The fourth-order valence-corrected chi connectivity index (χ4v) is 4.38. The molecule has 0 N–H and O–H groups in total. The van der Waals surface area contributed by atoms with Crippen LogP contribution in [0, 0.1) is 11.8 Å². The SMILES string of the molecule is CSCC(=O)N1CCC(C2CCN(Cc3cccnc3)CC2)C1. The Bertz CT molecular complexity index is 502. The van der Waals surface area contributed by atoms with Gasteiger partial charge in [-0.1, -0.05) is 6.07 Å². The Balaban J connectivity index is 1.43. The topological polar surface area (TPSA) is 36.4 Å². The fourth-order valence-electron chi connectivity index (χ4n) is 3.95. The van der Waals surface area contributed by atoms with Gasteiger partial charge in [0.15, 0.2) is 0 Å². The number of rotatable bonds is 5. The molecule has 0 saturated carbocycles. The normalized spacial score (nSPS) is 23.3. The van der Waals surface area contributed by atoms with Crippen LogP contribution in [0.4, 0.5) is 0 Å². The molecule has 0 radical (unpaired) electrons. The van der Waals surface area contributed by atoms with Crippen molar-refractivity contribution in [2.24, 2.45) is 11.8 Å². The molecule has 1 aromatic heterocycles. The number of nitrogens with zero attached hydrogens (tertiary/aromatic N) is 3. The van der Waals surface area contributed by atoms with Crippen molar-refractivity contribution in [1.29, 1.82) is 0 Å². The molecular formula is C18H27N3OS. The Morgan fingerprint density at radius 3 is 2.74 bits per heavy atom. The first kappa shape index (κ1) is 16.8. The quantitative estimate of drug-likeness (QED) is 0.829. The minimum atomic E-state index is 0.328. The molecule has 0 bridgehead atoms. The van der Waals surface area contributed by atoms with Gasteiger partial charge >= 0.3 is 0 Å². The van der Waals surface area contributed by atoms with Gasteiger partial charge in [-0.3, -0.25) is 14.7 Å². The van der Waals surface area contributed by atoms with Gasteiger partial charge in [0.1, 0.15) is 0 Å². The maximum atomic E-state index is 12.0. The van der Waals surface area contributed by atoms with Gasteiger partial charge in [-0.25, -0.2) is 0 Å². The molecule has 2 fully saturated rings. The Morgan fingerprint density at radius 1 is 1.26 bits per heavy atom. The molecule has 0 aliphatic carbocycles. The van der Waals surface area contributed by atoms with Crippen LogP contribution in [0.1, 0.15) is 24.8 Å². The summed E-state index contributed by atoms with van der Waals surface area (Å²) in [6.45, 7) is 5.33. The average Bonchev–Trinajstić information content (AvgIpc) is 3.07. The number of pyridine rings is 1. The first-order chi connectivity index (χ1) is 11.3. The third kappa shape index (κ3) is 4.48. The molecular weight excluding hydrogens is 306 g/mol. The number of likely N-dealkylation sites (tertiary alicyclic amines) is 2. The highest BCUT2D eigenvalue weighted by molar-refractivity contribution is 7.99. The number of hydrogen-bond donors (Lipinski definition) is 0. The van der Waals surface area contributed by atoms with Crippen molar-refractivity contribution in [2.75, 3.05) is 38.2 Å². The van der Waals surface area contributed by atoms with Gasteiger partial charge in [-0.15, -0.1) is 0 Å². The van der Waals surface area contributed by atoms with Crippen molar-refractivity contribution in [3.8, 4) is 0 Å². The van der Waals surface area contributed by atoms with E-state index >= 15 is 0 Å². The molecule has 0 spiro atoms. The van der Waals surface area contributed by atoms with Gasteiger partial charge in [0.2, 0.25) is 5.91 Å². The second-order valence-electron chi connectivity index (χ2n) is 6.80. The van der Waals surface area contributed by atoms with Crippen LogP contribution < -0.4 is 0 Å². The highest BCUT2D eigenvalue weighted by Crippen LogP contribution is 2.32. The molecule has 1 atom stereocenters. The third-order valence-electron chi connectivity index (χ3n) is 5.27. The summed E-state index contributed by atoms with van der Waals surface area (Å²) >= 11 is 1.63. The zero-order valence-corrected chi connectivity index (χ0v) is 14.8. The Kier molecular flexibility index (Phi) is 5.95. The van der Waals surface area contributed by atoms with Crippen LogP contribution in [0.2, 0.25) is 0 Å². The molecule has 1 unspecified atom stereocenters. The smallest absolute Gasteiger partial charge is 0.232 e. The van der Waals surface area contributed by atoms with Gasteiger partial charge < -0.3 is 4.90 Å². The molecule has 2 aliphatic heterocycles. The number of hydrogen-bond acceptors (Lipinski definition) is 4. The number of carbonyl (C=O) groups excluding carboxylic acids is 1. The van der Waals surface area contributed by atoms with Crippen molar-refractivity contribution in [2.45, 2.75) is 25.8 Å². The third-order valence-corrected chi connectivity index (χ3v) is 5.81. The summed E-state index contributed by atoms with van der Waals surface area (Å²) in [6.07, 6.45) is 9.56. The summed E-state index contributed by atoms with van der Waals surface area (Å²) in [5.41, 5.74) is 1.31. The van der Waals surface area contributed by atoms with E-state index in [0.717, 1.165) is 31.5 Å². The van der Waals surface area contributed by atoms with E-state index in [1.165, 1.54) is 37.9 Å². The molecule has 126 valence electrons. The highest BCUT2D eigenvalue weighted by Gasteiger charge is 2.33. The summed E-state index contributed by atoms with van der Waals surface area (Å²) in [7, 11) is 0. The van der Waals surface area contributed by atoms with Crippen LogP contribution in [0.3, 0.4) is 0 Å². The number of amides is 1. The molecule has 3 heterocycles. The first-order valence-corrected chi connectivity index (χ1v) is 10.0. The Hall–Kier alpha value is -1.07. The highest BCUT2D eigenvalue weighted by atomic mass is 32.2. The molecule has 1 aromatic rings. The molecule has 2 saturated heterocycles. The molecule has 1 amide bonds. The molecule has 2 aliphatic rings. The number of thioether (sulfide) groups is 1. The maximum Gasteiger partial charge on any atom is 0.232 e. The average molecular weight is 334 g/mol. The van der Waals surface area contributed by atoms with Crippen LogP contribution in [-0.4, -0.2) is 58.9 Å². The summed E-state index contributed by atoms with van der Waals surface area (Å²) in [4.78, 5) is 20.8. The van der Waals surface area contributed by atoms with Crippen LogP contribution in [0.5, 0.6) is 0 Å². The lowest BCUT2D eigenvalue weighted by atomic mass is 9.83. The van der Waals surface area contributed by atoms with E-state index in [1.54, 1.807) is 11.8 Å². The van der Waals surface area contributed by atoms with E-state index in [9.17, 15) is 4.79 Å². The predicted molar refractivity (Wildman–Crippen MR) is 95.3 cm³/mol. The molecule has 0 aromatic carbocycles. The van der Waals surface area contributed by atoms with Gasteiger partial charge in [0.25, 0.3) is 0 Å². The number of carbonyl (C=O) groups is 1. The summed E-state index contributed by atoms with van der Waals surface area (Å²) in [5, 5.41) is 0. The minimum Gasteiger partial charge on any atom is -0.342 e. The number of piperidine rings is 1. The largest absolute Gasteiger partial charge is 0.342 e. The van der Waals surface area contributed by atoms with E-state index in [2.05, 4.69) is 20.9 Å². The minimum absolute atomic E-state index is 0.328. The van der Waals surface area contributed by atoms with Crippen LogP contribution in [-0.2, 0) is 11.3 Å². The Morgan fingerprint density at radius 2 is 2.04 bits per heavy atom. The zero-order chi connectivity index (χ0) is 16.1. The van der Waals surface area contributed by atoms with Crippen molar-refractivity contribution < 1.29 is 4.79 Å². The van der Waals surface area contributed by atoms with Gasteiger partial charge in [0, 0.05) is 32.0 Å². The predicted octanol–water partition coefficient (Wildman–Crippen LogP) is 2.51. The van der Waals surface area contributed by atoms with E-state index in [-0.39, 0.29) is 0 Å². The van der Waals surface area contributed by atoms with Crippen molar-refractivity contribution in [3.63, 3.8) is 0 Å². The van der Waals surface area contributed by atoms with E-state index in [0.29, 0.717) is 11.7 Å². The van der Waals surface area contributed by atoms with Crippen LogP contribution in [0.25, 0.3) is 0 Å². The van der Waals surface area contributed by atoms with Crippen molar-refractivity contribution >= 4 is 17.7 Å². The number of aromatic nitrogens is 1. The van der Waals surface area contributed by atoms with Gasteiger partial charge in [-0.2, -0.15) is 11.8 Å². The zero-order valence-electron chi connectivity index (χ0n) is 14.0. The summed E-state index contributed by atoms with van der Waals surface area (Å²) in [6, 6.07) is 4.17. The van der Waals surface area contributed by atoms with Crippen LogP contribution in [0.15, 0.2) is 24.5 Å². The van der Waals surface area contributed by atoms with Crippen molar-refractivity contribution in [1.82, 2.24) is 14.8 Å². The Labute approximate surface area is 143 Å². The van der Waals surface area contributed by atoms with Crippen molar-refractivity contribution in [3.05, 3.63) is 30.1 Å². The lowest BCUT2D eigenvalue weighted by Gasteiger charge is -2.34. The second-order valence-corrected chi connectivity index (χ2v) is 7.66. The summed E-state index contributed by atoms with van der Waals surface area (Å²) < 4.78 is 0. The van der Waals surface area contributed by atoms with Gasteiger partial charge in [0.05, 0.1) is 5.75 Å². The summed E-state index contributed by atoms with van der Waals surface area (Å²) in [5.74, 6) is 2.48. The standard InChI is InChI=1S/C18H27N3OS/c1-23-14-18(22)21-10-6-17(13-21)16-4-8-20(9-5-16)12-15-3-2-7-19-11-15/h2-3,7,11,16-17H,4-6,8-10,12-14H2,1H3. The van der Waals surface area contributed by atoms with E-state index in [1.807, 2.05) is 24.7 Å². The van der Waals surface area contributed by atoms with Crippen LogP contribution >= 0.6 is 11.8 Å². The van der Waals surface area contributed by atoms with Gasteiger partial charge in [-0.05, 0) is 62.1 Å². The second kappa shape index (κ2) is 8.15. The lowest BCUT2D eigenvalue weighted by molar-refractivity contribution is -0.127. The molecule has 5 heteroatoms. The monoisotopic (exact) mass is 333 g/mol.